The van der Waals surface area contributed by atoms with Crippen LogP contribution in [0.3, 0.4) is 0 Å². The van der Waals surface area contributed by atoms with Crippen molar-refractivity contribution in [3.63, 3.8) is 0 Å². The van der Waals surface area contributed by atoms with Gasteiger partial charge in [-0.25, -0.2) is 4.68 Å². The van der Waals surface area contributed by atoms with Gasteiger partial charge in [-0.3, -0.25) is 9.59 Å². The van der Waals surface area contributed by atoms with E-state index in [0.29, 0.717) is 43.6 Å². The van der Waals surface area contributed by atoms with Gasteiger partial charge in [0.25, 0.3) is 5.91 Å². The Morgan fingerprint density at radius 1 is 1.00 bits per heavy atom. The number of carbonyl (C=O) groups is 2. The summed E-state index contributed by atoms with van der Waals surface area (Å²) in [5.74, 6) is 0.922. The summed E-state index contributed by atoms with van der Waals surface area (Å²) in [6.45, 7) is 7.66. The van der Waals surface area contributed by atoms with Crippen LogP contribution in [-0.4, -0.2) is 67.9 Å². The number of benzene rings is 1. The SMILES string of the molecule is Cc1ccc(-n2nnc(C(=O)N3CCN(C(=O)Cc4c(C)noc4C)CC3)c2C2CC2)cc1. The molecular weight excluding hydrogens is 420 g/mol. The molecule has 0 spiro atoms. The van der Waals surface area contributed by atoms with Gasteiger partial charge in [0.2, 0.25) is 5.91 Å². The lowest BCUT2D eigenvalue weighted by atomic mass is 10.1. The predicted octanol–water partition coefficient (Wildman–Crippen LogP) is 2.59. The standard InChI is InChI=1S/C24H28N6O3/c1-15-4-8-19(9-5-15)30-23(18-6-7-18)22(25-27-30)24(32)29-12-10-28(11-13-29)21(31)14-20-16(2)26-33-17(20)3/h4-5,8-9,18H,6-7,10-14H2,1-3H3. The largest absolute Gasteiger partial charge is 0.361 e. The highest BCUT2D eigenvalue weighted by molar-refractivity contribution is 5.94. The Morgan fingerprint density at radius 3 is 2.27 bits per heavy atom. The lowest BCUT2D eigenvalue weighted by Crippen LogP contribution is -2.51. The maximum Gasteiger partial charge on any atom is 0.276 e. The van der Waals surface area contributed by atoms with Gasteiger partial charge in [0.05, 0.1) is 23.5 Å². The number of carbonyl (C=O) groups excluding carboxylic acids is 2. The van der Waals surface area contributed by atoms with Crippen molar-refractivity contribution in [3.8, 4) is 5.69 Å². The minimum atomic E-state index is -0.104. The highest BCUT2D eigenvalue weighted by Crippen LogP contribution is 2.42. The topological polar surface area (TPSA) is 97.4 Å². The summed E-state index contributed by atoms with van der Waals surface area (Å²) in [6, 6.07) is 8.09. The molecule has 33 heavy (non-hydrogen) atoms. The molecule has 1 saturated heterocycles. The van der Waals surface area contributed by atoms with Crippen molar-refractivity contribution in [3.05, 3.63) is 58.2 Å². The van der Waals surface area contributed by atoms with Crippen molar-refractivity contribution >= 4 is 11.8 Å². The van der Waals surface area contributed by atoms with E-state index >= 15 is 0 Å². The molecule has 0 bridgehead atoms. The monoisotopic (exact) mass is 448 g/mol. The fourth-order valence-corrected chi connectivity index (χ4v) is 4.37. The second-order valence-electron chi connectivity index (χ2n) is 9.00. The number of rotatable bonds is 5. The van der Waals surface area contributed by atoms with Crippen LogP contribution in [0.2, 0.25) is 0 Å². The Hall–Kier alpha value is -3.49. The number of aryl methyl sites for hydroxylation is 3. The normalized spacial score (nSPS) is 16.3. The fourth-order valence-electron chi connectivity index (χ4n) is 4.37. The summed E-state index contributed by atoms with van der Waals surface area (Å²) in [7, 11) is 0. The lowest BCUT2D eigenvalue weighted by Gasteiger charge is -2.34. The Morgan fingerprint density at radius 2 is 1.67 bits per heavy atom. The van der Waals surface area contributed by atoms with Crippen LogP contribution in [0.15, 0.2) is 28.8 Å². The minimum absolute atomic E-state index is 0.0282. The first kappa shape index (κ1) is 21.4. The van der Waals surface area contributed by atoms with E-state index in [1.165, 1.54) is 5.56 Å². The zero-order valence-corrected chi connectivity index (χ0v) is 19.2. The molecule has 2 amide bonds. The summed E-state index contributed by atoms with van der Waals surface area (Å²) >= 11 is 0. The first-order valence-corrected chi connectivity index (χ1v) is 11.4. The van der Waals surface area contributed by atoms with Gasteiger partial charge >= 0.3 is 0 Å². The van der Waals surface area contributed by atoms with Crippen LogP contribution in [0.1, 0.15) is 57.5 Å². The van der Waals surface area contributed by atoms with Crippen LogP contribution in [0.25, 0.3) is 5.69 Å². The number of hydrogen-bond donors (Lipinski definition) is 0. The van der Waals surface area contributed by atoms with Crippen molar-refractivity contribution in [2.45, 2.75) is 46.0 Å². The van der Waals surface area contributed by atoms with Gasteiger partial charge in [-0.15, -0.1) is 5.10 Å². The number of hydrogen-bond acceptors (Lipinski definition) is 6. The van der Waals surface area contributed by atoms with Crippen LogP contribution in [0, 0.1) is 20.8 Å². The third-order valence-corrected chi connectivity index (χ3v) is 6.58. The van der Waals surface area contributed by atoms with E-state index in [4.69, 9.17) is 4.52 Å². The molecule has 0 radical (unpaired) electrons. The molecule has 172 valence electrons. The lowest BCUT2D eigenvalue weighted by molar-refractivity contribution is -0.131. The molecule has 1 aliphatic carbocycles. The molecular formula is C24H28N6O3. The zero-order chi connectivity index (χ0) is 23.1. The molecule has 0 atom stereocenters. The number of piperazine rings is 1. The van der Waals surface area contributed by atoms with Crippen molar-refractivity contribution in [1.29, 1.82) is 0 Å². The van der Waals surface area contributed by atoms with Crippen molar-refractivity contribution < 1.29 is 14.1 Å². The van der Waals surface area contributed by atoms with E-state index < -0.39 is 0 Å². The highest BCUT2D eigenvalue weighted by Gasteiger charge is 2.36. The Bertz CT molecular complexity index is 1160. The van der Waals surface area contributed by atoms with Crippen LogP contribution < -0.4 is 0 Å². The molecule has 0 N–H and O–H groups in total. The zero-order valence-electron chi connectivity index (χ0n) is 19.2. The first-order chi connectivity index (χ1) is 15.9. The third kappa shape index (κ3) is 4.15. The second-order valence-corrected chi connectivity index (χ2v) is 9.00. The summed E-state index contributed by atoms with van der Waals surface area (Å²) in [5, 5.41) is 12.6. The summed E-state index contributed by atoms with van der Waals surface area (Å²) < 4.78 is 6.98. The number of nitrogens with zero attached hydrogens (tertiary/aromatic N) is 6. The number of aromatic nitrogens is 4. The number of amides is 2. The molecule has 9 heteroatoms. The van der Waals surface area contributed by atoms with Gasteiger partial charge in [-0.05, 0) is 45.7 Å². The predicted molar refractivity (Wildman–Crippen MR) is 120 cm³/mol. The van der Waals surface area contributed by atoms with E-state index in [-0.39, 0.29) is 18.2 Å². The van der Waals surface area contributed by atoms with Gasteiger partial charge < -0.3 is 14.3 Å². The second kappa shape index (κ2) is 8.46. The van der Waals surface area contributed by atoms with Gasteiger partial charge in [0, 0.05) is 37.7 Å². The average molecular weight is 449 g/mol. The maximum absolute atomic E-state index is 13.4. The van der Waals surface area contributed by atoms with Crippen molar-refractivity contribution in [1.82, 2.24) is 30.0 Å². The van der Waals surface area contributed by atoms with E-state index in [1.54, 1.807) is 9.80 Å². The molecule has 2 aliphatic rings. The fraction of sp³-hybridized carbons (Fsp3) is 0.458. The van der Waals surface area contributed by atoms with E-state index in [0.717, 1.165) is 35.5 Å². The van der Waals surface area contributed by atoms with Crippen molar-refractivity contribution in [2.24, 2.45) is 0 Å². The molecule has 5 rings (SSSR count). The van der Waals surface area contributed by atoms with Crippen LogP contribution in [0.4, 0.5) is 0 Å². The smallest absolute Gasteiger partial charge is 0.276 e. The summed E-state index contributed by atoms with van der Waals surface area (Å²) in [5.41, 5.74) is 5.03. The van der Waals surface area contributed by atoms with Gasteiger partial charge in [-0.1, -0.05) is 28.1 Å². The van der Waals surface area contributed by atoms with E-state index in [1.807, 2.05) is 49.7 Å². The average Bonchev–Trinajstić information content (AvgIpc) is 3.50. The van der Waals surface area contributed by atoms with Crippen LogP contribution in [-0.2, 0) is 11.2 Å². The first-order valence-electron chi connectivity index (χ1n) is 11.4. The Labute approximate surface area is 192 Å². The third-order valence-electron chi connectivity index (χ3n) is 6.58. The van der Waals surface area contributed by atoms with Gasteiger partial charge in [0.1, 0.15) is 5.76 Å². The van der Waals surface area contributed by atoms with E-state index in [9.17, 15) is 9.59 Å². The maximum atomic E-state index is 13.4. The van der Waals surface area contributed by atoms with Gasteiger partial charge in [-0.2, -0.15) is 0 Å². The van der Waals surface area contributed by atoms with Crippen LogP contribution >= 0.6 is 0 Å². The highest BCUT2D eigenvalue weighted by atomic mass is 16.5. The van der Waals surface area contributed by atoms with Crippen molar-refractivity contribution in [2.75, 3.05) is 26.2 Å². The Kier molecular flexibility index (Phi) is 5.47. The molecule has 1 aliphatic heterocycles. The molecule has 2 aromatic heterocycles. The summed E-state index contributed by atoms with van der Waals surface area (Å²) in [4.78, 5) is 29.7. The summed E-state index contributed by atoms with van der Waals surface area (Å²) in [6.07, 6.45) is 2.36. The molecule has 1 aromatic carbocycles. The van der Waals surface area contributed by atoms with Gasteiger partial charge in [0.15, 0.2) is 5.69 Å². The molecule has 3 heterocycles. The molecule has 0 unspecified atom stereocenters. The quantitative estimate of drug-likeness (QED) is 0.595. The molecule has 2 fully saturated rings. The minimum Gasteiger partial charge on any atom is -0.361 e. The Balaban J connectivity index is 1.28. The molecule has 1 saturated carbocycles. The molecule has 9 nitrogen and oxygen atoms in total. The molecule has 3 aromatic rings. The van der Waals surface area contributed by atoms with Crippen LogP contribution in [0.5, 0.6) is 0 Å². The van der Waals surface area contributed by atoms with E-state index in [2.05, 4.69) is 15.5 Å².